The van der Waals surface area contributed by atoms with Crippen LogP contribution in [0.3, 0.4) is 0 Å². The van der Waals surface area contributed by atoms with Crippen molar-refractivity contribution in [3.8, 4) is 0 Å². The summed E-state index contributed by atoms with van der Waals surface area (Å²) in [6.07, 6.45) is 10.6. The van der Waals surface area contributed by atoms with Gasteiger partial charge in [0.05, 0.1) is 17.3 Å². The van der Waals surface area contributed by atoms with E-state index in [2.05, 4.69) is 20.2 Å². The lowest BCUT2D eigenvalue weighted by Crippen LogP contribution is -2.38. The Morgan fingerprint density at radius 2 is 2.00 bits per heavy atom. The van der Waals surface area contributed by atoms with E-state index < -0.39 is 0 Å². The largest absolute Gasteiger partial charge is 0.330 e. The van der Waals surface area contributed by atoms with Crippen LogP contribution >= 0.6 is 0 Å². The van der Waals surface area contributed by atoms with Gasteiger partial charge >= 0.3 is 0 Å². The number of carbonyl (C=O) groups is 1. The molecule has 1 aliphatic heterocycles. The lowest BCUT2D eigenvalue weighted by molar-refractivity contribution is 0.0605. The van der Waals surface area contributed by atoms with Crippen molar-refractivity contribution in [2.75, 3.05) is 6.54 Å². The number of rotatable bonds is 3. The second-order valence-corrected chi connectivity index (χ2v) is 6.13. The molecule has 0 aromatic carbocycles. The first kappa shape index (κ1) is 13.4. The molecule has 0 unspecified atom stereocenters. The van der Waals surface area contributed by atoms with E-state index >= 15 is 0 Å². The topological polar surface area (TPSA) is 74.8 Å². The Labute approximate surface area is 129 Å². The third-order valence-electron chi connectivity index (χ3n) is 4.51. The van der Waals surface area contributed by atoms with Crippen LogP contribution in [0.25, 0.3) is 0 Å². The molecule has 4 rings (SSSR count). The van der Waals surface area contributed by atoms with E-state index in [0.29, 0.717) is 11.5 Å². The van der Waals surface area contributed by atoms with Crippen LogP contribution < -0.4 is 0 Å². The van der Waals surface area contributed by atoms with E-state index in [1.54, 1.807) is 18.6 Å². The summed E-state index contributed by atoms with van der Waals surface area (Å²) in [6.45, 7) is 0.771. The van der Waals surface area contributed by atoms with E-state index in [1.807, 2.05) is 11.0 Å². The fourth-order valence-electron chi connectivity index (χ4n) is 3.12. The molecule has 2 aromatic heterocycles. The van der Waals surface area contributed by atoms with Crippen LogP contribution in [0.5, 0.6) is 0 Å². The predicted octanol–water partition coefficient (Wildman–Crippen LogP) is 2.44. The molecular formula is C16H19N5O. The number of aromatic nitrogens is 4. The molecule has 3 heterocycles. The smallest absolute Gasteiger partial charge is 0.257 e. The highest BCUT2D eigenvalue weighted by atomic mass is 16.2. The Balaban J connectivity index is 1.56. The van der Waals surface area contributed by atoms with Crippen molar-refractivity contribution in [2.45, 2.75) is 44.1 Å². The Hall–Kier alpha value is -2.24. The van der Waals surface area contributed by atoms with Gasteiger partial charge in [0.1, 0.15) is 5.82 Å². The molecule has 22 heavy (non-hydrogen) atoms. The molecule has 114 valence electrons. The van der Waals surface area contributed by atoms with Gasteiger partial charge in [-0.15, -0.1) is 0 Å². The summed E-state index contributed by atoms with van der Waals surface area (Å²) < 4.78 is 0. The molecule has 2 aromatic rings. The Morgan fingerprint density at radius 3 is 2.68 bits per heavy atom. The molecule has 1 aliphatic carbocycles. The van der Waals surface area contributed by atoms with Crippen molar-refractivity contribution in [1.29, 1.82) is 0 Å². The molecule has 2 fully saturated rings. The minimum absolute atomic E-state index is 0.0154. The average molecular weight is 297 g/mol. The molecule has 1 amide bonds. The maximum Gasteiger partial charge on any atom is 0.257 e. The van der Waals surface area contributed by atoms with E-state index in [-0.39, 0.29) is 11.9 Å². The van der Waals surface area contributed by atoms with Gasteiger partial charge in [-0.05, 0) is 38.2 Å². The second kappa shape index (κ2) is 5.51. The molecule has 1 N–H and O–H groups in total. The maximum absolute atomic E-state index is 12.8. The lowest BCUT2D eigenvalue weighted by Gasteiger charge is -2.35. The number of nitrogens with one attached hydrogen (secondary N) is 1. The van der Waals surface area contributed by atoms with Crippen molar-refractivity contribution in [2.24, 2.45) is 0 Å². The van der Waals surface area contributed by atoms with Crippen LogP contribution in [0.2, 0.25) is 0 Å². The molecular weight excluding hydrogens is 278 g/mol. The first-order chi connectivity index (χ1) is 10.8. The van der Waals surface area contributed by atoms with Gasteiger partial charge in [-0.25, -0.2) is 9.97 Å². The molecule has 1 saturated heterocycles. The highest BCUT2D eigenvalue weighted by molar-refractivity contribution is 5.94. The van der Waals surface area contributed by atoms with Crippen molar-refractivity contribution >= 4 is 5.91 Å². The van der Waals surface area contributed by atoms with Gasteiger partial charge in [0, 0.05) is 31.1 Å². The first-order valence-corrected chi connectivity index (χ1v) is 7.95. The van der Waals surface area contributed by atoms with Crippen LogP contribution in [-0.4, -0.2) is 37.5 Å². The fraction of sp³-hybridized carbons (Fsp3) is 0.500. The number of carbonyl (C=O) groups excluding carboxylic acids is 1. The maximum atomic E-state index is 12.8. The molecule has 6 heteroatoms. The van der Waals surface area contributed by atoms with Gasteiger partial charge in [0.15, 0.2) is 0 Å². The van der Waals surface area contributed by atoms with E-state index in [1.165, 1.54) is 12.8 Å². The van der Waals surface area contributed by atoms with Crippen LogP contribution in [0, 0.1) is 0 Å². The van der Waals surface area contributed by atoms with Gasteiger partial charge in [0.2, 0.25) is 0 Å². The van der Waals surface area contributed by atoms with Crippen LogP contribution in [0.15, 0.2) is 24.7 Å². The van der Waals surface area contributed by atoms with E-state index in [4.69, 9.17) is 0 Å². The molecule has 0 bridgehead atoms. The SMILES string of the molecule is O=C(c1cnc(C2CC2)nc1)N1CCCC[C@H]1c1ccn[nH]1. The molecule has 0 spiro atoms. The monoisotopic (exact) mass is 297 g/mol. The number of piperidine rings is 1. The highest BCUT2D eigenvalue weighted by Crippen LogP contribution is 2.37. The summed E-state index contributed by atoms with van der Waals surface area (Å²) in [5.74, 6) is 1.40. The summed E-state index contributed by atoms with van der Waals surface area (Å²) in [5, 5.41) is 7.01. The molecule has 6 nitrogen and oxygen atoms in total. The number of aromatic amines is 1. The zero-order valence-electron chi connectivity index (χ0n) is 12.4. The standard InChI is InChI=1S/C16H19N5O/c22-16(12-9-17-15(18-10-12)11-4-5-11)21-8-2-1-3-14(21)13-6-7-19-20-13/h6-7,9-11,14H,1-5,8H2,(H,19,20)/t14-/m0/s1. The summed E-state index contributed by atoms with van der Waals surface area (Å²) >= 11 is 0. The van der Waals surface area contributed by atoms with Crippen molar-refractivity contribution in [3.63, 3.8) is 0 Å². The van der Waals surface area contributed by atoms with E-state index in [9.17, 15) is 4.79 Å². The summed E-state index contributed by atoms with van der Waals surface area (Å²) in [7, 11) is 0. The van der Waals surface area contributed by atoms with Crippen molar-refractivity contribution in [1.82, 2.24) is 25.1 Å². The molecule has 1 atom stereocenters. The van der Waals surface area contributed by atoms with Gasteiger partial charge in [-0.1, -0.05) is 0 Å². The second-order valence-electron chi connectivity index (χ2n) is 6.13. The zero-order valence-corrected chi connectivity index (χ0v) is 12.4. The number of hydrogen-bond acceptors (Lipinski definition) is 4. The number of hydrogen-bond donors (Lipinski definition) is 1. The third kappa shape index (κ3) is 2.49. The van der Waals surface area contributed by atoms with Crippen LogP contribution in [-0.2, 0) is 0 Å². The minimum atomic E-state index is 0.0154. The quantitative estimate of drug-likeness (QED) is 0.944. The molecule has 2 aliphatic rings. The summed E-state index contributed by atoms with van der Waals surface area (Å²) in [6, 6.07) is 2.02. The number of amides is 1. The average Bonchev–Trinajstić information content (AvgIpc) is 3.29. The third-order valence-corrected chi connectivity index (χ3v) is 4.51. The molecule has 0 radical (unpaired) electrons. The normalized spacial score (nSPS) is 21.8. The predicted molar refractivity (Wildman–Crippen MR) is 80.2 cm³/mol. The van der Waals surface area contributed by atoms with Gasteiger partial charge in [-0.2, -0.15) is 5.10 Å². The van der Waals surface area contributed by atoms with Crippen molar-refractivity contribution in [3.05, 3.63) is 41.7 Å². The Morgan fingerprint density at radius 1 is 1.18 bits per heavy atom. The highest BCUT2D eigenvalue weighted by Gasteiger charge is 2.31. The van der Waals surface area contributed by atoms with Gasteiger partial charge in [0.25, 0.3) is 5.91 Å². The molecule has 1 saturated carbocycles. The van der Waals surface area contributed by atoms with E-state index in [0.717, 1.165) is 37.3 Å². The fourth-order valence-corrected chi connectivity index (χ4v) is 3.12. The summed E-state index contributed by atoms with van der Waals surface area (Å²) in [4.78, 5) is 23.5. The number of nitrogens with zero attached hydrogens (tertiary/aromatic N) is 4. The van der Waals surface area contributed by atoms with Crippen molar-refractivity contribution < 1.29 is 4.79 Å². The zero-order chi connectivity index (χ0) is 14.9. The van der Waals surface area contributed by atoms with Gasteiger partial charge in [-0.3, -0.25) is 9.89 Å². The van der Waals surface area contributed by atoms with Gasteiger partial charge < -0.3 is 4.90 Å². The van der Waals surface area contributed by atoms with Crippen LogP contribution in [0.4, 0.5) is 0 Å². The minimum Gasteiger partial charge on any atom is -0.330 e. The number of likely N-dealkylation sites (tertiary alicyclic amines) is 1. The van der Waals surface area contributed by atoms with Crippen LogP contribution in [0.1, 0.15) is 65.9 Å². The first-order valence-electron chi connectivity index (χ1n) is 7.95. The number of H-pyrrole nitrogens is 1. The Bertz CT molecular complexity index is 648. The lowest BCUT2D eigenvalue weighted by atomic mass is 9.98. The Kier molecular flexibility index (Phi) is 3.36. The summed E-state index contributed by atoms with van der Waals surface area (Å²) in [5.41, 5.74) is 1.58.